The quantitative estimate of drug-likeness (QED) is 0.785. The molecule has 1 nitrogen and oxygen atoms in total. The van der Waals surface area contributed by atoms with Crippen LogP contribution < -0.4 is 0 Å². The van der Waals surface area contributed by atoms with Crippen LogP contribution in [-0.2, 0) is 5.41 Å². The molecule has 17 heavy (non-hydrogen) atoms. The second-order valence-corrected chi connectivity index (χ2v) is 5.35. The van der Waals surface area contributed by atoms with Gasteiger partial charge in [-0.2, -0.15) is 0 Å². The second kappa shape index (κ2) is 4.25. The minimum absolute atomic E-state index is 0. The molecule has 1 saturated heterocycles. The summed E-state index contributed by atoms with van der Waals surface area (Å²) >= 11 is 0. The zero-order valence-corrected chi connectivity index (χ0v) is 11.2. The van der Waals surface area contributed by atoms with Crippen LogP contribution in [0.15, 0.2) is 18.2 Å². The molecule has 2 unspecified atom stereocenters. The highest BCUT2D eigenvalue weighted by molar-refractivity contribution is 5.85. The molecule has 1 saturated carbocycles. The van der Waals surface area contributed by atoms with Crippen molar-refractivity contribution in [1.29, 1.82) is 0 Å². The van der Waals surface area contributed by atoms with Crippen molar-refractivity contribution in [2.24, 2.45) is 5.92 Å². The fraction of sp³-hybridized carbons (Fsp3) is 0.571. The summed E-state index contributed by atoms with van der Waals surface area (Å²) in [5, 5.41) is 0. The van der Waals surface area contributed by atoms with Gasteiger partial charge in [0.1, 0.15) is 5.82 Å². The molecule has 0 N–H and O–H groups in total. The van der Waals surface area contributed by atoms with Crippen molar-refractivity contribution in [3.63, 3.8) is 0 Å². The van der Waals surface area contributed by atoms with Gasteiger partial charge in [0.25, 0.3) is 0 Å². The Morgan fingerprint density at radius 3 is 2.82 bits per heavy atom. The number of halogens is 2. The predicted molar refractivity (Wildman–Crippen MR) is 70.3 cm³/mol. The molecule has 2 fully saturated rings. The Balaban J connectivity index is 0.00000108. The van der Waals surface area contributed by atoms with E-state index in [9.17, 15) is 4.39 Å². The fourth-order valence-corrected chi connectivity index (χ4v) is 3.23. The van der Waals surface area contributed by atoms with Gasteiger partial charge in [0, 0.05) is 18.5 Å². The van der Waals surface area contributed by atoms with E-state index in [2.05, 4.69) is 17.9 Å². The summed E-state index contributed by atoms with van der Waals surface area (Å²) in [7, 11) is 0. The number of likely N-dealkylation sites (N-methyl/N-ethyl adjacent to an activating group) is 1. The van der Waals surface area contributed by atoms with E-state index < -0.39 is 0 Å². The van der Waals surface area contributed by atoms with Crippen molar-refractivity contribution in [1.82, 2.24) is 4.90 Å². The lowest BCUT2D eigenvalue weighted by molar-refractivity contribution is 0.314. The van der Waals surface area contributed by atoms with E-state index >= 15 is 0 Å². The molecule has 0 spiro atoms. The molecule has 0 aromatic heterocycles. The first-order valence-electron chi connectivity index (χ1n) is 6.15. The number of rotatable bonds is 2. The molecule has 3 rings (SSSR count). The Morgan fingerprint density at radius 2 is 2.24 bits per heavy atom. The standard InChI is InChI=1S/C14H18FN.ClH/c1-3-16-8-12-7-14(12,9-16)11-4-5-13(15)10(2)6-11;/h4-6,12H,3,7-9H2,1-2H3;1H. The number of nitrogens with zero attached hydrogens (tertiary/aromatic N) is 1. The summed E-state index contributed by atoms with van der Waals surface area (Å²) in [4.78, 5) is 2.51. The Labute approximate surface area is 108 Å². The Bertz CT molecular complexity index is 434. The maximum absolute atomic E-state index is 13.3. The summed E-state index contributed by atoms with van der Waals surface area (Å²) in [6.45, 7) is 7.61. The third-order valence-electron chi connectivity index (χ3n) is 4.40. The van der Waals surface area contributed by atoms with Crippen molar-refractivity contribution in [3.8, 4) is 0 Å². The van der Waals surface area contributed by atoms with Gasteiger partial charge in [-0.1, -0.05) is 19.1 Å². The SMILES string of the molecule is CCN1CC2CC2(c2ccc(F)c(C)c2)C1.Cl. The monoisotopic (exact) mass is 255 g/mol. The third kappa shape index (κ3) is 1.88. The lowest BCUT2D eigenvalue weighted by atomic mass is 9.93. The summed E-state index contributed by atoms with van der Waals surface area (Å²) in [5.41, 5.74) is 2.51. The number of piperidine rings is 1. The van der Waals surface area contributed by atoms with Gasteiger partial charge in [-0.15, -0.1) is 12.4 Å². The topological polar surface area (TPSA) is 3.24 Å². The van der Waals surface area contributed by atoms with Crippen LogP contribution in [0, 0.1) is 18.7 Å². The lowest BCUT2D eigenvalue weighted by Gasteiger charge is -2.19. The molecule has 0 radical (unpaired) electrons. The van der Waals surface area contributed by atoms with Crippen molar-refractivity contribution in [2.75, 3.05) is 19.6 Å². The van der Waals surface area contributed by atoms with Crippen molar-refractivity contribution in [2.45, 2.75) is 25.7 Å². The molecule has 1 aromatic carbocycles. The predicted octanol–water partition coefficient (Wildman–Crippen LogP) is 3.15. The fourth-order valence-electron chi connectivity index (χ4n) is 3.23. The highest BCUT2D eigenvalue weighted by Crippen LogP contribution is 2.58. The maximum Gasteiger partial charge on any atom is 0.126 e. The van der Waals surface area contributed by atoms with Gasteiger partial charge < -0.3 is 4.90 Å². The number of likely N-dealkylation sites (tertiary alicyclic amines) is 1. The molecular formula is C14H19ClFN. The van der Waals surface area contributed by atoms with Gasteiger partial charge >= 0.3 is 0 Å². The van der Waals surface area contributed by atoms with E-state index in [1.54, 1.807) is 6.07 Å². The van der Waals surface area contributed by atoms with E-state index in [1.807, 2.05) is 13.0 Å². The average molecular weight is 256 g/mol. The van der Waals surface area contributed by atoms with Crippen molar-refractivity contribution < 1.29 is 4.39 Å². The van der Waals surface area contributed by atoms with Gasteiger partial charge in [0.2, 0.25) is 0 Å². The highest BCUT2D eigenvalue weighted by Gasteiger charge is 2.60. The molecule has 1 aliphatic heterocycles. The number of fused-ring (bicyclic) bond motifs is 1. The molecule has 0 amide bonds. The molecule has 2 aliphatic rings. The van der Waals surface area contributed by atoms with Gasteiger partial charge in [-0.25, -0.2) is 4.39 Å². The summed E-state index contributed by atoms with van der Waals surface area (Å²) in [6, 6.07) is 5.67. The molecule has 0 bridgehead atoms. The van der Waals surface area contributed by atoms with Crippen LogP contribution in [0.1, 0.15) is 24.5 Å². The van der Waals surface area contributed by atoms with Crippen LogP contribution in [0.25, 0.3) is 0 Å². The van der Waals surface area contributed by atoms with E-state index in [-0.39, 0.29) is 18.2 Å². The highest BCUT2D eigenvalue weighted by atomic mass is 35.5. The zero-order valence-electron chi connectivity index (χ0n) is 10.4. The Hall–Kier alpha value is -0.600. The van der Waals surface area contributed by atoms with Gasteiger partial charge in [0.15, 0.2) is 0 Å². The minimum Gasteiger partial charge on any atom is -0.302 e. The van der Waals surface area contributed by atoms with Crippen molar-refractivity contribution >= 4 is 12.4 Å². The van der Waals surface area contributed by atoms with Crippen molar-refractivity contribution in [3.05, 3.63) is 35.1 Å². The largest absolute Gasteiger partial charge is 0.302 e. The smallest absolute Gasteiger partial charge is 0.126 e. The molecule has 3 heteroatoms. The minimum atomic E-state index is -0.0808. The van der Waals surface area contributed by atoms with Gasteiger partial charge in [-0.3, -0.25) is 0 Å². The first-order valence-corrected chi connectivity index (χ1v) is 6.15. The normalized spacial score (nSPS) is 30.9. The van der Waals surface area contributed by atoms with Crippen LogP contribution in [0.4, 0.5) is 4.39 Å². The number of benzene rings is 1. The first-order chi connectivity index (χ1) is 7.65. The number of aryl methyl sites for hydroxylation is 1. The summed E-state index contributed by atoms with van der Waals surface area (Å²) in [6.07, 6.45) is 1.30. The summed E-state index contributed by atoms with van der Waals surface area (Å²) < 4.78 is 13.3. The third-order valence-corrected chi connectivity index (χ3v) is 4.40. The first kappa shape index (κ1) is 12.8. The average Bonchev–Trinajstić information content (AvgIpc) is 2.86. The molecule has 2 atom stereocenters. The van der Waals surface area contributed by atoms with Crippen LogP contribution >= 0.6 is 12.4 Å². The summed E-state index contributed by atoms with van der Waals surface area (Å²) in [5.74, 6) is 0.736. The molecule has 94 valence electrons. The van der Waals surface area contributed by atoms with Gasteiger partial charge in [-0.05, 0) is 43.0 Å². The maximum atomic E-state index is 13.3. The number of hydrogen-bond acceptors (Lipinski definition) is 1. The second-order valence-electron chi connectivity index (χ2n) is 5.35. The Morgan fingerprint density at radius 1 is 1.47 bits per heavy atom. The van der Waals surface area contributed by atoms with E-state index in [4.69, 9.17) is 0 Å². The van der Waals surface area contributed by atoms with E-state index in [0.29, 0.717) is 5.41 Å². The van der Waals surface area contributed by atoms with Crippen LogP contribution in [-0.4, -0.2) is 24.5 Å². The van der Waals surface area contributed by atoms with Crippen LogP contribution in [0.3, 0.4) is 0 Å². The number of hydrogen-bond donors (Lipinski definition) is 0. The van der Waals surface area contributed by atoms with Crippen LogP contribution in [0.2, 0.25) is 0 Å². The van der Waals surface area contributed by atoms with E-state index in [1.165, 1.54) is 25.1 Å². The molecule has 1 aliphatic carbocycles. The zero-order chi connectivity index (χ0) is 11.3. The lowest BCUT2D eigenvalue weighted by Crippen LogP contribution is -2.26. The molecule has 1 aromatic rings. The van der Waals surface area contributed by atoms with Crippen LogP contribution in [0.5, 0.6) is 0 Å². The molecule has 1 heterocycles. The molecular weight excluding hydrogens is 237 g/mol. The van der Waals surface area contributed by atoms with Gasteiger partial charge in [0.05, 0.1) is 0 Å². The Kier molecular flexibility index (Phi) is 3.21. The van der Waals surface area contributed by atoms with E-state index in [0.717, 1.165) is 18.0 Å².